The molecule has 4 heterocycles. The van der Waals surface area contributed by atoms with Crippen LogP contribution in [-0.2, 0) is 30.4 Å². The van der Waals surface area contributed by atoms with Gasteiger partial charge < -0.3 is 23.3 Å². The first-order valence-electron chi connectivity index (χ1n) is 26.8. The van der Waals surface area contributed by atoms with Crippen LogP contribution in [0.4, 0.5) is 0 Å². The molecule has 77 heavy (non-hydrogen) atoms. The molecule has 0 radical (unpaired) electrons. The van der Waals surface area contributed by atoms with Crippen molar-refractivity contribution in [3.05, 3.63) is 183 Å². The molecular formula is C61H70N10O5Sn. The van der Waals surface area contributed by atoms with E-state index in [-0.39, 0.29) is 0 Å². The van der Waals surface area contributed by atoms with Crippen LogP contribution in [0.1, 0.15) is 118 Å². The Hall–Kier alpha value is -7.51. The number of aryl methyl sites for hydroxylation is 4. The van der Waals surface area contributed by atoms with Crippen LogP contribution < -0.4 is 9.47 Å². The molecule has 0 amide bonds. The molecule has 1 fully saturated rings. The first-order chi connectivity index (χ1) is 37.6. The maximum absolute atomic E-state index is 9.84. The van der Waals surface area contributed by atoms with Gasteiger partial charge in [-0.15, -0.1) is 10.2 Å². The van der Waals surface area contributed by atoms with E-state index >= 15 is 0 Å². The van der Waals surface area contributed by atoms with Crippen molar-refractivity contribution < 1.29 is 23.3 Å². The zero-order chi connectivity index (χ0) is 54.4. The number of benzene rings is 6. The molecule has 2 atom stereocenters. The van der Waals surface area contributed by atoms with Crippen molar-refractivity contribution in [1.82, 2.24) is 30.9 Å². The molecule has 0 bridgehead atoms. The molecule has 0 aliphatic carbocycles. The number of nitriles is 1. The van der Waals surface area contributed by atoms with Gasteiger partial charge in [0.2, 0.25) is 11.9 Å². The summed E-state index contributed by atoms with van der Waals surface area (Å²) >= 11 is -2.07. The SMILES string of the molecule is C1CCOC1.CCCc1cc2c(-c3ccccc3)noc2c(CCC)c1OC(C#N)c1ccccc1.CCCc1cc2c(-c3ccccc3)noc2c(CCC)c1OC(c1ccccc1)c1nn[nH]n1.[CH3][Sn]([CH3])([CH3])[N]=[N+]=[N-]. The van der Waals surface area contributed by atoms with Gasteiger partial charge in [-0.2, -0.15) is 10.5 Å². The number of nitrogens with zero attached hydrogens (tertiary/aromatic N) is 9. The van der Waals surface area contributed by atoms with Gasteiger partial charge in [0.1, 0.15) is 29.0 Å². The molecule has 15 nitrogen and oxygen atoms in total. The summed E-state index contributed by atoms with van der Waals surface area (Å²) in [7, 11) is 0. The van der Waals surface area contributed by atoms with Crippen LogP contribution in [0.5, 0.6) is 11.5 Å². The van der Waals surface area contributed by atoms with Crippen LogP contribution >= 0.6 is 0 Å². The van der Waals surface area contributed by atoms with E-state index in [9.17, 15) is 5.26 Å². The van der Waals surface area contributed by atoms with Gasteiger partial charge in [0.15, 0.2) is 17.3 Å². The molecule has 1 aliphatic heterocycles. The maximum atomic E-state index is 9.84. The van der Waals surface area contributed by atoms with Crippen molar-refractivity contribution in [2.24, 2.45) is 3.34 Å². The molecule has 0 spiro atoms. The first kappa shape index (κ1) is 57.2. The molecule has 10 rings (SSSR count). The third-order valence-electron chi connectivity index (χ3n) is 12.5. The van der Waals surface area contributed by atoms with E-state index in [1.807, 2.05) is 109 Å². The van der Waals surface area contributed by atoms with Crippen molar-refractivity contribution in [1.29, 1.82) is 5.26 Å². The van der Waals surface area contributed by atoms with Crippen molar-refractivity contribution in [3.8, 4) is 40.1 Å². The van der Waals surface area contributed by atoms with Crippen LogP contribution in [0.25, 0.3) is 54.9 Å². The number of H-pyrrole nitrogens is 1. The second-order valence-electron chi connectivity index (χ2n) is 19.6. The van der Waals surface area contributed by atoms with Gasteiger partial charge in [-0.05, 0) is 61.8 Å². The summed E-state index contributed by atoms with van der Waals surface area (Å²) in [5.41, 5.74) is 19.2. The van der Waals surface area contributed by atoms with E-state index in [4.69, 9.17) is 28.8 Å². The predicted octanol–water partition coefficient (Wildman–Crippen LogP) is 16.1. The van der Waals surface area contributed by atoms with Crippen LogP contribution in [0.15, 0.2) is 146 Å². The molecule has 1 saturated heterocycles. The van der Waals surface area contributed by atoms with Crippen molar-refractivity contribution >= 4 is 40.6 Å². The minimum absolute atomic E-state index is 0.485. The number of rotatable bonds is 18. The Balaban J connectivity index is 0.000000184. The summed E-state index contributed by atoms with van der Waals surface area (Å²) in [5.74, 6) is 2.08. The third-order valence-corrected chi connectivity index (χ3v) is 14.4. The number of fused-ring (bicyclic) bond motifs is 2. The number of ether oxygens (including phenoxy) is 3. The molecular weight excluding hydrogens is 1070 g/mol. The monoisotopic (exact) mass is 1140 g/mol. The summed E-state index contributed by atoms with van der Waals surface area (Å²) < 4.78 is 33.6. The van der Waals surface area contributed by atoms with E-state index in [0.29, 0.717) is 5.82 Å². The molecule has 6 aromatic carbocycles. The topological polar surface area (TPSA) is 207 Å². The second-order valence-corrected chi connectivity index (χ2v) is 32.6. The van der Waals surface area contributed by atoms with Crippen molar-refractivity contribution in [2.45, 2.75) is 119 Å². The van der Waals surface area contributed by atoms with E-state index in [1.165, 1.54) is 12.8 Å². The average Bonchev–Trinajstić information content (AvgIpc) is 4.33. The number of aromatic nitrogens is 6. The fourth-order valence-corrected chi connectivity index (χ4v) is 9.76. The quantitative estimate of drug-likeness (QED) is 0.0370. The molecule has 1 aliphatic rings. The van der Waals surface area contributed by atoms with Gasteiger partial charge in [0.25, 0.3) is 0 Å². The van der Waals surface area contributed by atoms with E-state index < -0.39 is 30.9 Å². The number of aromatic amines is 1. The number of hydrogen-bond acceptors (Lipinski definition) is 12. The molecule has 1 N–H and O–H groups in total. The number of azide groups is 1. The summed E-state index contributed by atoms with van der Waals surface area (Å²) in [5, 5.41) is 35.5. The summed E-state index contributed by atoms with van der Waals surface area (Å²) in [6.45, 7) is 10.6. The van der Waals surface area contributed by atoms with Gasteiger partial charge >= 0.3 is 47.2 Å². The van der Waals surface area contributed by atoms with Crippen LogP contribution in [0.3, 0.4) is 0 Å². The molecule has 0 saturated carbocycles. The molecule has 2 unspecified atom stereocenters. The molecule has 16 heteroatoms. The number of nitrogens with one attached hydrogen (secondary N) is 1. The Labute approximate surface area is 456 Å². The van der Waals surface area contributed by atoms with Gasteiger partial charge in [0, 0.05) is 46.6 Å². The number of tetrazole rings is 1. The Bertz CT molecular complexity index is 3290. The average molecular weight is 1140 g/mol. The van der Waals surface area contributed by atoms with Gasteiger partial charge in [-0.25, -0.2) is 0 Å². The first-order valence-corrected chi connectivity index (χ1v) is 36.7. The molecule has 398 valence electrons. The van der Waals surface area contributed by atoms with Crippen LogP contribution in [0, 0.1) is 11.3 Å². The fourth-order valence-electron chi connectivity index (χ4n) is 8.99. The van der Waals surface area contributed by atoms with Crippen LogP contribution in [0.2, 0.25) is 14.8 Å². The fraction of sp³-hybridized carbons (Fsp3) is 0.344. The third kappa shape index (κ3) is 15.3. The summed E-state index contributed by atoms with van der Waals surface area (Å²) in [6, 6.07) is 46.5. The normalized spacial score (nSPS) is 12.6. The predicted molar refractivity (Wildman–Crippen MR) is 306 cm³/mol. The van der Waals surface area contributed by atoms with Crippen molar-refractivity contribution in [3.63, 3.8) is 0 Å². The standard InChI is InChI=1S/C27H27N5O2.C27H26N2O2.C4H8O.3CH3.N3.Sn/c1-3-11-20-17-22-23(18-13-7-5-8-14-18)30-34-26(22)21(12-4-2)24(20)33-25(27-28-31-32-29-27)19-15-9-6-10-16-19;1-3-11-21-17-23-25(20-15-9-6-10-16-20)29-31-27(23)22(12-4-2)26(21)30-24(18-28)19-13-7-5-8-14-19;1-2-4-5-3-1;;;;1-3-2;/h5-10,13-17,25H,3-4,11-12H2,1-2H3,(H,28,29,31,32);5-10,13-17,24H,3-4,11-12H2,1-2H3;1-4H2;3*1H3;;/q;;;;;;-1;+1. The Morgan fingerprint density at radius 2 is 1.10 bits per heavy atom. The Morgan fingerprint density at radius 3 is 1.48 bits per heavy atom. The minimum atomic E-state index is -2.07. The van der Waals surface area contributed by atoms with Gasteiger partial charge in [-0.3, -0.25) is 0 Å². The zero-order valence-corrected chi connectivity index (χ0v) is 48.3. The number of hydrogen-bond donors (Lipinski definition) is 1. The van der Waals surface area contributed by atoms with Crippen molar-refractivity contribution in [2.75, 3.05) is 13.2 Å². The Morgan fingerprint density at radius 1 is 0.649 bits per heavy atom. The van der Waals surface area contributed by atoms with Gasteiger partial charge in [-0.1, -0.05) is 190 Å². The Kier molecular flexibility index (Phi) is 21.6. The second kappa shape index (κ2) is 29.1. The zero-order valence-electron chi connectivity index (χ0n) is 45.4. The molecule has 9 aromatic rings. The van der Waals surface area contributed by atoms with Gasteiger partial charge in [0.05, 0.1) is 10.8 Å². The van der Waals surface area contributed by atoms with Crippen LogP contribution in [-0.4, -0.2) is 62.8 Å². The van der Waals surface area contributed by atoms with E-state index in [1.54, 1.807) is 0 Å². The summed E-state index contributed by atoms with van der Waals surface area (Å²) in [6.07, 6.45) is 8.54. The van der Waals surface area contributed by atoms with E-state index in [0.717, 1.165) is 154 Å². The summed E-state index contributed by atoms with van der Waals surface area (Å²) in [4.78, 5) is 8.92. The van der Waals surface area contributed by atoms with E-state index in [2.05, 4.69) is 112 Å². The molecule has 3 aromatic heterocycles.